The molecular weight excluding hydrogens is 144 g/mol. The van der Waals surface area contributed by atoms with E-state index in [9.17, 15) is 0 Å². The van der Waals surface area contributed by atoms with Gasteiger partial charge in [-0.2, -0.15) is 0 Å². The van der Waals surface area contributed by atoms with Crippen molar-refractivity contribution in [3.8, 4) is 0 Å². The quantitative estimate of drug-likeness (QED) is 0.650. The van der Waals surface area contributed by atoms with E-state index in [2.05, 4.69) is 0 Å². The molecule has 0 aromatic carbocycles. The fourth-order valence-electron chi connectivity index (χ4n) is 1.62. The standard InChI is InChI=1S/C8H16O3/c1-6-3-7(5-10-2)8(4-9)11-6/h6-9H,3-5H2,1-2H3/t6-,7+,8+/m0/s1. The normalized spacial score (nSPS) is 37.9. The molecule has 1 aliphatic heterocycles. The summed E-state index contributed by atoms with van der Waals surface area (Å²) >= 11 is 0. The number of hydrogen-bond acceptors (Lipinski definition) is 3. The SMILES string of the molecule is COC[C@H]1C[C@H](C)O[C@@H]1CO. The monoisotopic (exact) mass is 160 g/mol. The van der Waals surface area contributed by atoms with E-state index in [0.717, 1.165) is 6.42 Å². The van der Waals surface area contributed by atoms with Crippen LogP contribution in [0, 0.1) is 5.92 Å². The van der Waals surface area contributed by atoms with Crippen LogP contribution in [0.5, 0.6) is 0 Å². The highest BCUT2D eigenvalue weighted by molar-refractivity contribution is 4.79. The first-order valence-corrected chi connectivity index (χ1v) is 4.03. The first-order valence-electron chi connectivity index (χ1n) is 4.03. The van der Waals surface area contributed by atoms with Crippen LogP contribution in [0.1, 0.15) is 13.3 Å². The Balaban J connectivity index is 2.37. The molecule has 1 fully saturated rings. The molecule has 0 aromatic rings. The average Bonchev–Trinajstić information content (AvgIpc) is 2.32. The minimum absolute atomic E-state index is 0.00931. The number of aliphatic hydroxyl groups excluding tert-OH is 1. The zero-order valence-electron chi connectivity index (χ0n) is 7.12. The first kappa shape index (κ1) is 8.97. The molecule has 0 aromatic heterocycles. The van der Waals surface area contributed by atoms with Gasteiger partial charge in [0.25, 0.3) is 0 Å². The maximum absolute atomic E-state index is 8.90. The molecule has 3 atom stereocenters. The maximum Gasteiger partial charge on any atom is 0.0860 e. The summed E-state index contributed by atoms with van der Waals surface area (Å²) in [5.74, 6) is 0.375. The van der Waals surface area contributed by atoms with Crippen molar-refractivity contribution in [1.82, 2.24) is 0 Å². The molecule has 1 rings (SSSR count). The highest BCUT2D eigenvalue weighted by Crippen LogP contribution is 2.25. The third-order valence-corrected chi connectivity index (χ3v) is 2.13. The predicted octanol–water partition coefficient (Wildman–Crippen LogP) is 0.419. The van der Waals surface area contributed by atoms with Crippen molar-refractivity contribution in [2.24, 2.45) is 5.92 Å². The Kier molecular flexibility index (Phi) is 3.30. The Labute approximate surface area is 67.3 Å². The van der Waals surface area contributed by atoms with Gasteiger partial charge in [0, 0.05) is 13.0 Å². The molecule has 11 heavy (non-hydrogen) atoms. The Hall–Kier alpha value is -0.120. The number of ether oxygens (including phenoxy) is 2. The summed E-state index contributed by atoms with van der Waals surface area (Å²) in [4.78, 5) is 0. The molecule has 3 nitrogen and oxygen atoms in total. The molecule has 1 aliphatic rings. The third kappa shape index (κ3) is 2.15. The lowest BCUT2D eigenvalue weighted by atomic mass is 10.0. The molecule has 0 aliphatic carbocycles. The van der Waals surface area contributed by atoms with Crippen molar-refractivity contribution < 1.29 is 14.6 Å². The van der Waals surface area contributed by atoms with Crippen LogP contribution < -0.4 is 0 Å². The maximum atomic E-state index is 8.90. The lowest BCUT2D eigenvalue weighted by Gasteiger charge is -2.14. The van der Waals surface area contributed by atoms with Gasteiger partial charge in [-0.3, -0.25) is 0 Å². The van der Waals surface area contributed by atoms with Crippen LogP contribution >= 0.6 is 0 Å². The zero-order chi connectivity index (χ0) is 8.27. The third-order valence-electron chi connectivity index (χ3n) is 2.13. The molecule has 0 amide bonds. The van der Waals surface area contributed by atoms with Crippen LogP contribution in [0.4, 0.5) is 0 Å². The second kappa shape index (κ2) is 4.04. The largest absolute Gasteiger partial charge is 0.394 e. The number of methoxy groups -OCH3 is 1. The van der Waals surface area contributed by atoms with Crippen LogP contribution in [0.25, 0.3) is 0 Å². The van der Waals surface area contributed by atoms with Gasteiger partial charge in [-0.1, -0.05) is 0 Å². The van der Waals surface area contributed by atoms with Gasteiger partial charge in [0.15, 0.2) is 0 Å². The Bertz CT molecular complexity index is 116. The molecule has 66 valence electrons. The van der Waals surface area contributed by atoms with Gasteiger partial charge in [0.2, 0.25) is 0 Å². The average molecular weight is 160 g/mol. The molecule has 0 spiro atoms. The molecule has 1 saturated heterocycles. The number of hydrogen-bond donors (Lipinski definition) is 1. The molecular formula is C8H16O3. The van der Waals surface area contributed by atoms with Gasteiger partial charge in [0.05, 0.1) is 25.4 Å². The van der Waals surface area contributed by atoms with Crippen LogP contribution in [0.2, 0.25) is 0 Å². The van der Waals surface area contributed by atoms with Gasteiger partial charge in [-0.15, -0.1) is 0 Å². The fraction of sp³-hybridized carbons (Fsp3) is 1.00. The van der Waals surface area contributed by atoms with Gasteiger partial charge in [0.1, 0.15) is 0 Å². The van der Waals surface area contributed by atoms with Crippen molar-refractivity contribution in [3.63, 3.8) is 0 Å². The van der Waals surface area contributed by atoms with Crippen LogP contribution in [-0.2, 0) is 9.47 Å². The molecule has 1 N–H and O–H groups in total. The van der Waals surface area contributed by atoms with Crippen molar-refractivity contribution in [2.45, 2.75) is 25.6 Å². The lowest BCUT2D eigenvalue weighted by molar-refractivity contribution is -0.00509. The summed E-state index contributed by atoms with van der Waals surface area (Å²) in [6.07, 6.45) is 1.26. The van der Waals surface area contributed by atoms with Crippen LogP contribution in [-0.4, -0.2) is 37.6 Å². The van der Waals surface area contributed by atoms with Crippen LogP contribution in [0.3, 0.4) is 0 Å². The summed E-state index contributed by atoms with van der Waals surface area (Å²) in [5, 5.41) is 8.90. The van der Waals surface area contributed by atoms with E-state index in [0.29, 0.717) is 12.5 Å². The Morgan fingerprint density at radius 2 is 2.36 bits per heavy atom. The van der Waals surface area contributed by atoms with Gasteiger partial charge in [-0.05, 0) is 13.3 Å². The van der Waals surface area contributed by atoms with Gasteiger partial charge >= 0.3 is 0 Å². The molecule has 0 radical (unpaired) electrons. The molecule has 1 heterocycles. The van der Waals surface area contributed by atoms with Crippen molar-refractivity contribution >= 4 is 0 Å². The first-order chi connectivity index (χ1) is 5.27. The highest BCUT2D eigenvalue weighted by Gasteiger charge is 2.31. The van der Waals surface area contributed by atoms with Crippen molar-refractivity contribution in [3.05, 3.63) is 0 Å². The topological polar surface area (TPSA) is 38.7 Å². The summed E-state index contributed by atoms with van der Waals surface area (Å²) < 4.78 is 10.5. The van der Waals surface area contributed by atoms with Crippen molar-refractivity contribution in [1.29, 1.82) is 0 Å². The Morgan fingerprint density at radius 1 is 1.64 bits per heavy atom. The molecule has 3 heteroatoms. The zero-order valence-corrected chi connectivity index (χ0v) is 7.12. The van der Waals surface area contributed by atoms with E-state index in [-0.39, 0.29) is 18.8 Å². The smallest absolute Gasteiger partial charge is 0.0860 e. The van der Waals surface area contributed by atoms with E-state index < -0.39 is 0 Å². The van der Waals surface area contributed by atoms with E-state index >= 15 is 0 Å². The minimum atomic E-state index is -0.00931. The fourth-order valence-corrected chi connectivity index (χ4v) is 1.62. The highest BCUT2D eigenvalue weighted by atomic mass is 16.5. The summed E-state index contributed by atoms with van der Waals surface area (Å²) in [6, 6.07) is 0. The van der Waals surface area contributed by atoms with Gasteiger partial charge < -0.3 is 14.6 Å². The van der Waals surface area contributed by atoms with Crippen molar-refractivity contribution in [2.75, 3.05) is 20.3 Å². The van der Waals surface area contributed by atoms with Crippen LogP contribution in [0.15, 0.2) is 0 Å². The minimum Gasteiger partial charge on any atom is -0.394 e. The summed E-state index contributed by atoms with van der Waals surface area (Å²) in [5.41, 5.74) is 0. The number of rotatable bonds is 3. The second-order valence-electron chi connectivity index (χ2n) is 3.12. The lowest BCUT2D eigenvalue weighted by Crippen LogP contribution is -2.23. The van der Waals surface area contributed by atoms with E-state index in [1.54, 1.807) is 7.11 Å². The second-order valence-corrected chi connectivity index (χ2v) is 3.12. The molecule has 0 saturated carbocycles. The Morgan fingerprint density at radius 3 is 2.91 bits per heavy atom. The van der Waals surface area contributed by atoms with E-state index in [4.69, 9.17) is 14.6 Å². The summed E-state index contributed by atoms with van der Waals surface area (Å²) in [6.45, 7) is 2.83. The molecule has 0 unspecified atom stereocenters. The number of aliphatic hydroxyl groups is 1. The predicted molar refractivity (Wildman–Crippen MR) is 41.4 cm³/mol. The molecule has 0 bridgehead atoms. The van der Waals surface area contributed by atoms with E-state index in [1.165, 1.54) is 0 Å². The van der Waals surface area contributed by atoms with Gasteiger partial charge in [-0.25, -0.2) is 0 Å². The van der Waals surface area contributed by atoms with E-state index in [1.807, 2.05) is 6.92 Å². The summed E-state index contributed by atoms with van der Waals surface area (Å²) in [7, 11) is 1.68.